The molecule has 1 aromatic heterocycles. The van der Waals surface area contributed by atoms with Crippen molar-refractivity contribution in [3.05, 3.63) is 150 Å². The molecule has 0 spiro atoms. The van der Waals surface area contributed by atoms with E-state index in [4.69, 9.17) is 14.2 Å². The van der Waals surface area contributed by atoms with E-state index in [0.717, 1.165) is 63.2 Å². The van der Waals surface area contributed by atoms with Crippen LogP contribution in [-0.4, -0.2) is 17.5 Å². The molecule has 0 aliphatic heterocycles. The molecule has 0 N–H and O–H groups in total. The lowest BCUT2D eigenvalue weighted by Gasteiger charge is -2.14. The van der Waals surface area contributed by atoms with E-state index in [1.807, 2.05) is 60.7 Å². The predicted octanol–water partition coefficient (Wildman–Crippen LogP) is 9.18. The van der Waals surface area contributed by atoms with Crippen LogP contribution in [0.1, 0.15) is 35.1 Å². The highest BCUT2D eigenvalue weighted by molar-refractivity contribution is 5.92. The number of unbranched alkanes of at least 4 members (excludes halogenated alkanes) is 1. The average molecular weight is 596 g/mol. The Morgan fingerprint density at radius 3 is 1.84 bits per heavy atom. The maximum Gasteiger partial charge on any atom is 0.120 e. The van der Waals surface area contributed by atoms with E-state index >= 15 is 0 Å². The monoisotopic (exact) mass is 595 g/mol. The van der Waals surface area contributed by atoms with Gasteiger partial charge < -0.3 is 23.6 Å². The van der Waals surface area contributed by atoms with E-state index in [2.05, 4.69) is 78.2 Å². The lowest BCUT2D eigenvalue weighted by Crippen LogP contribution is -2.03. The van der Waals surface area contributed by atoms with Gasteiger partial charge in [0.1, 0.15) is 36.7 Å². The molecule has 226 valence electrons. The maximum atomic E-state index is 10.6. The zero-order valence-electron chi connectivity index (χ0n) is 25.5. The van der Waals surface area contributed by atoms with Crippen LogP contribution in [0.3, 0.4) is 0 Å². The molecule has 1 heterocycles. The van der Waals surface area contributed by atoms with E-state index < -0.39 is 0 Å². The number of aldehydes is 1. The van der Waals surface area contributed by atoms with E-state index in [0.29, 0.717) is 32.8 Å². The molecule has 0 aliphatic rings. The van der Waals surface area contributed by atoms with Gasteiger partial charge in [0.05, 0.1) is 12.3 Å². The predicted molar refractivity (Wildman–Crippen MR) is 180 cm³/mol. The number of carbonyl (C=O) groups excluding carboxylic acids is 1. The van der Waals surface area contributed by atoms with Crippen LogP contribution in [0.5, 0.6) is 17.2 Å². The molecule has 0 saturated carbocycles. The summed E-state index contributed by atoms with van der Waals surface area (Å²) in [4.78, 5) is 10.6. The molecule has 0 radical (unpaired) electrons. The fraction of sp³-hybridized carbons (Fsp3) is 0.175. The number of benzene rings is 5. The minimum atomic E-state index is 0.514. The Labute approximate surface area is 264 Å². The number of hydrogen-bond acceptors (Lipinski definition) is 4. The maximum absolute atomic E-state index is 10.6. The second-order valence-electron chi connectivity index (χ2n) is 11.1. The molecule has 0 atom stereocenters. The van der Waals surface area contributed by atoms with Crippen LogP contribution >= 0.6 is 0 Å². The van der Waals surface area contributed by atoms with Crippen LogP contribution in [0.25, 0.3) is 22.2 Å². The molecule has 5 heteroatoms. The first kappa shape index (κ1) is 29.8. The van der Waals surface area contributed by atoms with Gasteiger partial charge in [-0.15, -0.1) is 0 Å². The standard InChI is InChI=1S/C40H37NO4/c1-30-38-26-37(45-29-33-12-6-3-7-13-33)22-23-39(38)41(27-31-14-18-35(19-15-31)43-25-9-8-24-42)40(30)34-16-20-36(21-17-34)44-28-32-10-4-2-5-11-32/h2-7,10-24,26H,8-9,25,27-29H2,1H3. The summed E-state index contributed by atoms with van der Waals surface area (Å²) in [6.07, 6.45) is 2.16. The number of fused-ring (bicyclic) bond motifs is 1. The van der Waals surface area contributed by atoms with E-state index in [-0.39, 0.29) is 0 Å². The molecule has 0 unspecified atom stereocenters. The van der Waals surface area contributed by atoms with Crippen LogP contribution in [0.2, 0.25) is 0 Å². The number of aryl methyl sites for hydroxylation is 1. The highest BCUT2D eigenvalue weighted by Crippen LogP contribution is 2.37. The fourth-order valence-corrected chi connectivity index (χ4v) is 5.55. The van der Waals surface area contributed by atoms with E-state index in [9.17, 15) is 4.79 Å². The molecule has 5 nitrogen and oxygen atoms in total. The highest BCUT2D eigenvalue weighted by Gasteiger charge is 2.17. The van der Waals surface area contributed by atoms with Crippen molar-refractivity contribution in [1.82, 2.24) is 4.57 Å². The molecular formula is C40H37NO4. The molecule has 0 aliphatic carbocycles. The smallest absolute Gasteiger partial charge is 0.120 e. The third-order valence-corrected chi connectivity index (χ3v) is 7.91. The first-order valence-electron chi connectivity index (χ1n) is 15.4. The Kier molecular flexibility index (Phi) is 9.56. The molecule has 0 amide bonds. The second kappa shape index (κ2) is 14.5. The number of aromatic nitrogens is 1. The van der Waals surface area contributed by atoms with Crippen LogP contribution in [0.15, 0.2) is 127 Å². The summed E-state index contributed by atoms with van der Waals surface area (Å²) in [6.45, 7) is 4.46. The highest BCUT2D eigenvalue weighted by atomic mass is 16.5. The molecule has 45 heavy (non-hydrogen) atoms. The largest absolute Gasteiger partial charge is 0.494 e. The summed E-state index contributed by atoms with van der Waals surface area (Å²) < 4.78 is 20.5. The third kappa shape index (κ3) is 7.44. The molecule has 0 bridgehead atoms. The minimum Gasteiger partial charge on any atom is -0.494 e. The summed E-state index contributed by atoms with van der Waals surface area (Å²) in [5, 5.41) is 1.16. The molecule has 6 rings (SSSR count). The fourth-order valence-electron chi connectivity index (χ4n) is 5.55. The van der Waals surface area contributed by atoms with Gasteiger partial charge in [0.25, 0.3) is 0 Å². The van der Waals surface area contributed by atoms with Crippen molar-refractivity contribution in [2.75, 3.05) is 6.61 Å². The third-order valence-electron chi connectivity index (χ3n) is 7.91. The van der Waals surface area contributed by atoms with E-state index in [1.165, 1.54) is 11.1 Å². The van der Waals surface area contributed by atoms with Gasteiger partial charge in [0.2, 0.25) is 0 Å². The van der Waals surface area contributed by atoms with Gasteiger partial charge in [0, 0.05) is 23.9 Å². The van der Waals surface area contributed by atoms with Crippen LogP contribution in [-0.2, 0) is 24.6 Å². The normalized spacial score (nSPS) is 11.0. The summed E-state index contributed by atoms with van der Waals surface area (Å²) in [7, 11) is 0. The van der Waals surface area contributed by atoms with Crippen molar-refractivity contribution >= 4 is 17.2 Å². The zero-order valence-corrected chi connectivity index (χ0v) is 25.5. The Bertz CT molecular complexity index is 1830. The Hall–Kier alpha value is -5.29. The van der Waals surface area contributed by atoms with Gasteiger partial charge in [-0.2, -0.15) is 0 Å². The topological polar surface area (TPSA) is 49.7 Å². The molecular weight excluding hydrogens is 558 g/mol. The number of hydrogen-bond donors (Lipinski definition) is 0. The number of ether oxygens (including phenoxy) is 3. The van der Waals surface area contributed by atoms with Gasteiger partial charge in [-0.25, -0.2) is 0 Å². The van der Waals surface area contributed by atoms with Crippen LogP contribution in [0, 0.1) is 6.92 Å². The van der Waals surface area contributed by atoms with Gasteiger partial charge in [-0.3, -0.25) is 0 Å². The van der Waals surface area contributed by atoms with Crippen molar-refractivity contribution in [3.8, 4) is 28.5 Å². The van der Waals surface area contributed by atoms with E-state index in [1.54, 1.807) is 0 Å². The lowest BCUT2D eigenvalue weighted by atomic mass is 10.1. The lowest BCUT2D eigenvalue weighted by molar-refractivity contribution is -0.108. The first-order valence-corrected chi connectivity index (χ1v) is 15.4. The quantitative estimate of drug-likeness (QED) is 0.0931. The summed E-state index contributed by atoms with van der Waals surface area (Å²) in [6, 6.07) is 43.4. The van der Waals surface area contributed by atoms with Crippen molar-refractivity contribution < 1.29 is 19.0 Å². The number of rotatable bonds is 14. The van der Waals surface area contributed by atoms with Gasteiger partial charge in [-0.05, 0) is 95.8 Å². The zero-order chi connectivity index (χ0) is 30.8. The molecule has 0 fully saturated rings. The molecule has 0 saturated heterocycles. The number of carbonyl (C=O) groups is 1. The summed E-state index contributed by atoms with van der Waals surface area (Å²) in [5.41, 5.74) is 8.07. The van der Waals surface area contributed by atoms with Crippen molar-refractivity contribution in [1.29, 1.82) is 0 Å². The molecule has 5 aromatic carbocycles. The Morgan fingerprint density at radius 1 is 0.622 bits per heavy atom. The van der Waals surface area contributed by atoms with Gasteiger partial charge in [0.15, 0.2) is 0 Å². The van der Waals surface area contributed by atoms with Crippen molar-refractivity contribution in [2.24, 2.45) is 0 Å². The van der Waals surface area contributed by atoms with Crippen molar-refractivity contribution in [2.45, 2.75) is 39.5 Å². The molecule has 6 aromatic rings. The second-order valence-corrected chi connectivity index (χ2v) is 11.1. The van der Waals surface area contributed by atoms with Crippen LogP contribution < -0.4 is 14.2 Å². The minimum absolute atomic E-state index is 0.514. The Balaban J connectivity index is 1.29. The van der Waals surface area contributed by atoms with Crippen molar-refractivity contribution in [3.63, 3.8) is 0 Å². The summed E-state index contributed by atoms with van der Waals surface area (Å²) >= 11 is 0. The average Bonchev–Trinajstić information content (AvgIpc) is 3.36. The summed E-state index contributed by atoms with van der Waals surface area (Å²) in [5.74, 6) is 2.49. The Morgan fingerprint density at radius 2 is 1.20 bits per heavy atom. The van der Waals surface area contributed by atoms with Gasteiger partial charge >= 0.3 is 0 Å². The SMILES string of the molecule is Cc1c(-c2ccc(OCc3ccccc3)cc2)n(Cc2ccc(OCCCC=O)cc2)c2ccc(OCc3ccccc3)cc12. The van der Waals surface area contributed by atoms with Gasteiger partial charge in [-0.1, -0.05) is 72.8 Å². The van der Waals surface area contributed by atoms with Crippen LogP contribution in [0.4, 0.5) is 0 Å². The first-order chi connectivity index (χ1) is 22.2. The number of nitrogens with zero attached hydrogens (tertiary/aromatic N) is 1.